The summed E-state index contributed by atoms with van der Waals surface area (Å²) >= 11 is 0. The molecule has 0 aliphatic carbocycles. The first-order valence-corrected chi connectivity index (χ1v) is 10.6. The lowest BCUT2D eigenvalue weighted by Crippen LogP contribution is -2.50. The average Bonchev–Trinajstić information content (AvgIpc) is 3.29. The summed E-state index contributed by atoms with van der Waals surface area (Å²) in [5, 5.41) is 10.1. The molecule has 2 heterocycles. The lowest BCUT2D eigenvalue weighted by atomic mass is 10.0. The van der Waals surface area contributed by atoms with Gasteiger partial charge in [0.1, 0.15) is 6.04 Å². The maximum Gasteiger partial charge on any atom is 0.247 e. The quantitative estimate of drug-likeness (QED) is 0.469. The molecule has 0 saturated carbocycles. The van der Waals surface area contributed by atoms with Gasteiger partial charge in [-0.05, 0) is 49.2 Å². The Labute approximate surface area is 181 Å². The van der Waals surface area contributed by atoms with Crippen LogP contribution >= 0.6 is 0 Å². The highest BCUT2D eigenvalue weighted by Gasteiger charge is 2.31. The van der Waals surface area contributed by atoms with Crippen LogP contribution in [0.15, 0.2) is 66.9 Å². The minimum atomic E-state index is -0.701. The van der Waals surface area contributed by atoms with Crippen molar-refractivity contribution >= 4 is 28.4 Å². The van der Waals surface area contributed by atoms with Crippen LogP contribution in [0.4, 0.5) is 5.69 Å². The first-order chi connectivity index (χ1) is 15.1. The number of nitrogens with two attached hydrogens (primary N) is 1. The maximum atomic E-state index is 13.1. The summed E-state index contributed by atoms with van der Waals surface area (Å²) in [7, 11) is 0. The van der Waals surface area contributed by atoms with Crippen molar-refractivity contribution in [2.24, 2.45) is 11.7 Å². The van der Waals surface area contributed by atoms with Crippen molar-refractivity contribution in [3.63, 3.8) is 0 Å². The molecule has 3 aromatic rings. The van der Waals surface area contributed by atoms with Crippen LogP contribution in [0, 0.1) is 5.92 Å². The second-order valence-electron chi connectivity index (χ2n) is 7.95. The molecule has 1 fully saturated rings. The molecule has 0 spiro atoms. The standard InChI is InChI=1S/C24H27N5O2/c25-14-17-12-21(27-15-17)23(30)29-22(11-16-5-2-1-3-6-16)24(31)28-19-9-8-18-7-4-10-26-20(18)13-19/h1-10,13,17,21-22,27H,11-12,14-15,25H2,(H,28,31)(H,29,30)/t17-,21-,22-/m1/s1. The number of amides is 2. The molecule has 2 aromatic carbocycles. The smallest absolute Gasteiger partial charge is 0.247 e. The van der Waals surface area contributed by atoms with E-state index in [1.165, 1.54) is 0 Å². The van der Waals surface area contributed by atoms with E-state index in [-0.39, 0.29) is 23.8 Å². The molecular weight excluding hydrogens is 390 g/mol. The molecule has 7 nitrogen and oxygen atoms in total. The summed E-state index contributed by atoms with van der Waals surface area (Å²) < 4.78 is 0. The van der Waals surface area contributed by atoms with Crippen LogP contribution in [-0.2, 0) is 16.0 Å². The molecule has 3 atom stereocenters. The van der Waals surface area contributed by atoms with E-state index in [4.69, 9.17) is 5.73 Å². The Balaban J connectivity index is 1.49. The van der Waals surface area contributed by atoms with Crippen molar-refractivity contribution in [1.82, 2.24) is 15.6 Å². The van der Waals surface area contributed by atoms with E-state index in [0.717, 1.165) is 16.5 Å². The third-order valence-corrected chi connectivity index (χ3v) is 5.66. The summed E-state index contributed by atoms with van der Waals surface area (Å²) in [5.74, 6) is -0.157. The summed E-state index contributed by atoms with van der Waals surface area (Å²) in [6, 6.07) is 18.1. The molecule has 1 saturated heterocycles. The second kappa shape index (κ2) is 9.68. The van der Waals surface area contributed by atoms with Crippen LogP contribution in [0.25, 0.3) is 10.9 Å². The van der Waals surface area contributed by atoms with Gasteiger partial charge in [0.15, 0.2) is 0 Å². The Morgan fingerprint density at radius 3 is 2.74 bits per heavy atom. The van der Waals surface area contributed by atoms with Gasteiger partial charge in [0, 0.05) is 23.7 Å². The highest BCUT2D eigenvalue weighted by Crippen LogP contribution is 2.18. The molecule has 31 heavy (non-hydrogen) atoms. The molecule has 1 aliphatic heterocycles. The molecule has 7 heteroatoms. The largest absolute Gasteiger partial charge is 0.343 e. The molecule has 160 valence electrons. The van der Waals surface area contributed by atoms with E-state index in [9.17, 15) is 9.59 Å². The number of carbonyl (C=O) groups excluding carboxylic acids is 2. The third-order valence-electron chi connectivity index (χ3n) is 5.66. The number of benzene rings is 2. The third kappa shape index (κ3) is 5.25. The number of rotatable bonds is 7. The second-order valence-corrected chi connectivity index (χ2v) is 7.95. The minimum Gasteiger partial charge on any atom is -0.343 e. The van der Waals surface area contributed by atoms with Crippen molar-refractivity contribution in [3.8, 4) is 0 Å². The lowest BCUT2D eigenvalue weighted by molar-refractivity contribution is -0.127. The summed E-state index contributed by atoms with van der Waals surface area (Å²) in [6.45, 7) is 1.26. The van der Waals surface area contributed by atoms with Crippen LogP contribution in [-0.4, -0.2) is 42.0 Å². The van der Waals surface area contributed by atoms with Gasteiger partial charge in [0.05, 0.1) is 11.6 Å². The molecule has 5 N–H and O–H groups in total. The van der Waals surface area contributed by atoms with Crippen molar-refractivity contribution in [3.05, 3.63) is 72.4 Å². The van der Waals surface area contributed by atoms with Gasteiger partial charge in [-0.15, -0.1) is 0 Å². The molecule has 4 rings (SSSR count). The molecule has 0 radical (unpaired) electrons. The van der Waals surface area contributed by atoms with Crippen molar-refractivity contribution in [2.75, 3.05) is 18.4 Å². The monoisotopic (exact) mass is 417 g/mol. The first-order valence-electron chi connectivity index (χ1n) is 10.6. The number of anilines is 1. The fraction of sp³-hybridized carbons (Fsp3) is 0.292. The van der Waals surface area contributed by atoms with Gasteiger partial charge in [-0.25, -0.2) is 0 Å². The predicted molar refractivity (Wildman–Crippen MR) is 121 cm³/mol. The van der Waals surface area contributed by atoms with Gasteiger partial charge >= 0.3 is 0 Å². The van der Waals surface area contributed by atoms with Gasteiger partial charge in [-0.3, -0.25) is 14.6 Å². The Morgan fingerprint density at radius 2 is 1.97 bits per heavy atom. The van der Waals surface area contributed by atoms with Gasteiger partial charge in [-0.1, -0.05) is 42.5 Å². The van der Waals surface area contributed by atoms with E-state index in [1.807, 2.05) is 60.7 Å². The minimum absolute atomic E-state index is 0.174. The molecule has 1 aromatic heterocycles. The zero-order valence-corrected chi connectivity index (χ0v) is 17.3. The number of nitrogens with one attached hydrogen (secondary N) is 3. The summed E-state index contributed by atoms with van der Waals surface area (Å²) in [4.78, 5) is 30.3. The highest BCUT2D eigenvalue weighted by atomic mass is 16.2. The van der Waals surface area contributed by atoms with Crippen LogP contribution in [0.1, 0.15) is 12.0 Å². The Bertz CT molecular complexity index is 1060. The van der Waals surface area contributed by atoms with E-state index < -0.39 is 6.04 Å². The van der Waals surface area contributed by atoms with E-state index in [1.54, 1.807) is 6.20 Å². The first kappa shape index (κ1) is 21.0. The van der Waals surface area contributed by atoms with Crippen LogP contribution < -0.4 is 21.7 Å². The van der Waals surface area contributed by atoms with Gasteiger partial charge < -0.3 is 21.7 Å². The zero-order valence-electron chi connectivity index (χ0n) is 17.3. The number of pyridine rings is 1. The van der Waals surface area contributed by atoms with Gasteiger partial charge in [0.25, 0.3) is 0 Å². The van der Waals surface area contributed by atoms with Gasteiger partial charge in [-0.2, -0.15) is 0 Å². The molecular formula is C24H27N5O2. The zero-order chi connectivity index (χ0) is 21.6. The predicted octanol–water partition coefficient (Wildman–Crippen LogP) is 1.84. The number of fused-ring (bicyclic) bond motifs is 1. The number of carbonyl (C=O) groups is 2. The van der Waals surface area contributed by atoms with Crippen LogP contribution in [0.5, 0.6) is 0 Å². The van der Waals surface area contributed by atoms with E-state index in [2.05, 4.69) is 20.9 Å². The summed E-state index contributed by atoms with van der Waals surface area (Å²) in [6.07, 6.45) is 2.80. The maximum absolute atomic E-state index is 13.1. The summed E-state index contributed by atoms with van der Waals surface area (Å²) in [5.41, 5.74) is 8.15. The van der Waals surface area contributed by atoms with Crippen molar-refractivity contribution < 1.29 is 9.59 Å². The number of hydrogen-bond donors (Lipinski definition) is 4. The topological polar surface area (TPSA) is 109 Å². The number of aromatic nitrogens is 1. The van der Waals surface area contributed by atoms with Crippen molar-refractivity contribution in [1.29, 1.82) is 0 Å². The van der Waals surface area contributed by atoms with Gasteiger partial charge in [0.2, 0.25) is 11.8 Å². The fourth-order valence-corrected chi connectivity index (χ4v) is 3.89. The highest BCUT2D eigenvalue weighted by molar-refractivity contribution is 5.99. The Morgan fingerprint density at radius 1 is 1.13 bits per heavy atom. The van der Waals surface area contributed by atoms with Crippen LogP contribution in [0.3, 0.4) is 0 Å². The Kier molecular flexibility index (Phi) is 6.54. The van der Waals surface area contributed by atoms with Crippen LogP contribution in [0.2, 0.25) is 0 Å². The SMILES string of the molecule is NC[C@@H]1CN[C@@H](C(=O)N[C@H](Cc2ccccc2)C(=O)Nc2ccc3cccnc3c2)C1. The molecule has 2 amide bonds. The number of nitrogens with zero attached hydrogens (tertiary/aromatic N) is 1. The number of hydrogen-bond acceptors (Lipinski definition) is 5. The Hall–Kier alpha value is -3.29. The average molecular weight is 418 g/mol. The molecule has 1 aliphatic rings. The molecule has 0 unspecified atom stereocenters. The lowest BCUT2D eigenvalue weighted by Gasteiger charge is -2.21. The van der Waals surface area contributed by atoms with E-state index in [0.29, 0.717) is 31.6 Å². The van der Waals surface area contributed by atoms with Crippen molar-refractivity contribution in [2.45, 2.75) is 24.9 Å². The molecule has 0 bridgehead atoms. The van der Waals surface area contributed by atoms with E-state index >= 15 is 0 Å². The fourth-order valence-electron chi connectivity index (χ4n) is 3.89. The normalized spacial score (nSPS) is 19.1.